The molecule has 0 saturated carbocycles. The smallest absolute Gasteiger partial charge is 0.00773 e. The zero-order valence-corrected chi connectivity index (χ0v) is 8.84. The van der Waals surface area contributed by atoms with E-state index in [0.717, 1.165) is 25.9 Å². The summed E-state index contributed by atoms with van der Waals surface area (Å²) in [7, 11) is 6.00. The molecule has 0 atom stereocenters. The van der Waals surface area contributed by atoms with Crippen LogP contribution < -0.4 is 11.5 Å². The maximum absolute atomic E-state index is 5.28. The molecular weight excluding hydrogens is 150 g/mol. The predicted octanol–water partition coefficient (Wildman–Crippen LogP) is 0.642. The second kappa shape index (κ2) is 13.5. The van der Waals surface area contributed by atoms with Gasteiger partial charge in [0.2, 0.25) is 0 Å². The van der Waals surface area contributed by atoms with Crippen molar-refractivity contribution in [2.75, 3.05) is 34.2 Å². The van der Waals surface area contributed by atoms with Crippen molar-refractivity contribution in [1.29, 1.82) is 0 Å². The van der Waals surface area contributed by atoms with Crippen LogP contribution in [0.4, 0.5) is 0 Å². The molecule has 0 aromatic rings. The molecule has 76 valence electrons. The van der Waals surface area contributed by atoms with Crippen molar-refractivity contribution in [2.24, 2.45) is 11.5 Å². The molecule has 0 aliphatic carbocycles. The Hall–Kier alpha value is -0.120. The van der Waals surface area contributed by atoms with E-state index in [-0.39, 0.29) is 0 Å². The molecule has 0 heterocycles. The zero-order valence-electron chi connectivity index (χ0n) is 8.84. The summed E-state index contributed by atoms with van der Waals surface area (Å²) in [6, 6.07) is 0. The van der Waals surface area contributed by atoms with Crippen LogP contribution in [0.15, 0.2) is 0 Å². The predicted molar refractivity (Wildman–Crippen MR) is 56.2 cm³/mol. The van der Waals surface area contributed by atoms with Crippen molar-refractivity contribution in [3.63, 3.8) is 0 Å². The number of unbranched alkanes of at least 4 members (excludes halogenated alkanes) is 3. The van der Waals surface area contributed by atoms with Crippen molar-refractivity contribution >= 4 is 0 Å². The first-order chi connectivity index (χ1) is 5.65. The van der Waals surface area contributed by atoms with Gasteiger partial charge in [-0.05, 0) is 47.1 Å². The Morgan fingerprint density at radius 2 is 1.00 bits per heavy atom. The number of nitrogens with zero attached hydrogens (tertiary/aromatic N) is 1. The van der Waals surface area contributed by atoms with Gasteiger partial charge in [0.15, 0.2) is 0 Å². The molecule has 0 rings (SSSR count). The van der Waals surface area contributed by atoms with Gasteiger partial charge in [-0.15, -0.1) is 0 Å². The van der Waals surface area contributed by atoms with Gasteiger partial charge in [0.25, 0.3) is 0 Å². The second-order valence-electron chi connectivity index (χ2n) is 3.33. The molecule has 4 N–H and O–H groups in total. The number of hydrogen-bond donors (Lipinski definition) is 2. The highest BCUT2D eigenvalue weighted by Gasteiger charge is 1.83. The van der Waals surface area contributed by atoms with E-state index in [1.165, 1.54) is 12.8 Å². The lowest BCUT2D eigenvalue weighted by Crippen LogP contribution is -2.00. The number of rotatable bonds is 5. The van der Waals surface area contributed by atoms with Crippen LogP contribution in [0.2, 0.25) is 0 Å². The first kappa shape index (κ1) is 14.4. The van der Waals surface area contributed by atoms with E-state index in [9.17, 15) is 0 Å². The molecule has 0 aliphatic rings. The third-order valence-corrected chi connectivity index (χ3v) is 1.16. The minimum absolute atomic E-state index is 0.824. The van der Waals surface area contributed by atoms with Gasteiger partial charge in [0.05, 0.1) is 0 Å². The quantitative estimate of drug-likeness (QED) is 0.603. The summed E-state index contributed by atoms with van der Waals surface area (Å²) >= 11 is 0. The largest absolute Gasteiger partial charge is 0.330 e. The molecule has 3 nitrogen and oxygen atoms in total. The van der Waals surface area contributed by atoms with E-state index in [4.69, 9.17) is 11.5 Å². The average molecular weight is 175 g/mol. The average Bonchev–Trinajstić information content (AvgIpc) is 1.97. The van der Waals surface area contributed by atoms with Gasteiger partial charge in [-0.25, -0.2) is 0 Å². The highest BCUT2D eigenvalue weighted by Crippen LogP contribution is 1.95. The normalized spacial score (nSPS) is 9.50. The molecule has 3 heteroatoms. The SMILES string of the molecule is CN(C)C.NCCCCCCN. The van der Waals surface area contributed by atoms with Gasteiger partial charge in [-0.2, -0.15) is 0 Å². The highest BCUT2D eigenvalue weighted by atomic mass is 15.0. The van der Waals surface area contributed by atoms with Crippen LogP contribution in [0.1, 0.15) is 25.7 Å². The Labute approximate surface area is 77.1 Å². The summed E-state index contributed by atoms with van der Waals surface area (Å²) < 4.78 is 0. The van der Waals surface area contributed by atoms with Crippen LogP contribution in [0.5, 0.6) is 0 Å². The molecule has 0 radical (unpaired) electrons. The molecule has 0 saturated heterocycles. The van der Waals surface area contributed by atoms with Crippen LogP contribution in [0, 0.1) is 0 Å². The van der Waals surface area contributed by atoms with Crippen molar-refractivity contribution in [2.45, 2.75) is 25.7 Å². The van der Waals surface area contributed by atoms with Crippen molar-refractivity contribution < 1.29 is 0 Å². The van der Waals surface area contributed by atoms with Gasteiger partial charge in [0, 0.05) is 0 Å². The van der Waals surface area contributed by atoms with Gasteiger partial charge in [-0.3, -0.25) is 0 Å². The van der Waals surface area contributed by atoms with Gasteiger partial charge in [-0.1, -0.05) is 12.8 Å². The van der Waals surface area contributed by atoms with Crippen molar-refractivity contribution in [3.05, 3.63) is 0 Å². The van der Waals surface area contributed by atoms with Crippen molar-refractivity contribution in [1.82, 2.24) is 4.90 Å². The fraction of sp³-hybridized carbons (Fsp3) is 1.00. The second-order valence-corrected chi connectivity index (χ2v) is 3.33. The Morgan fingerprint density at radius 3 is 1.17 bits per heavy atom. The van der Waals surface area contributed by atoms with E-state index in [0.29, 0.717) is 0 Å². The minimum Gasteiger partial charge on any atom is -0.330 e. The molecule has 0 amide bonds. The van der Waals surface area contributed by atoms with Crippen LogP contribution in [0.3, 0.4) is 0 Å². The zero-order chi connectivity index (χ0) is 9.82. The van der Waals surface area contributed by atoms with E-state index < -0.39 is 0 Å². The summed E-state index contributed by atoms with van der Waals surface area (Å²) in [5, 5.41) is 0. The van der Waals surface area contributed by atoms with E-state index in [1.54, 1.807) is 0 Å². The maximum atomic E-state index is 5.28. The molecule has 0 bridgehead atoms. The molecule has 0 fully saturated rings. The Morgan fingerprint density at radius 1 is 0.750 bits per heavy atom. The van der Waals surface area contributed by atoms with E-state index in [1.807, 2.05) is 26.0 Å². The van der Waals surface area contributed by atoms with Gasteiger partial charge in [0.1, 0.15) is 0 Å². The molecule has 0 aromatic heterocycles. The van der Waals surface area contributed by atoms with Crippen LogP contribution in [-0.4, -0.2) is 39.1 Å². The topological polar surface area (TPSA) is 55.3 Å². The van der Waals surface area contributed by atoms with E-state index in [2.05, 4.69) is 0 Å². The Balaban J connectivity index is 0. The molecular formula is C9H25N3. The highest BCUT2D eigenvalue weighted by molar-refractivity contribution is 4.43. The summed E-state index contributed by atoms with van der Waals surface area (Å²) in [5.41, 5.74) is 10.6. The molecule has 0 unspecified atom stereocenters. The fourth-order valence-corrected chi connectivity index (χ4v) is 0.642. The number of nitrogens with two attached hydrogens (primary N) is 2. The summed E-state index contributed by atoms with van der Waals surface area (Å²) in [5.74, 6) is 0. The van der Waals surface area contributed by atoms with Gasteiger partial charge < -0.3 is 16.4 Å². The van der Waals surface area contributed by atoms with E-state index >= 15 is 0 Å². The number of hydrogen-bond acceptors (Lipinski definition) is 3. The van der Waals surface area contributed by atoms with Crippen LogP contribution in [-0.2, 0) is 0 Å². The lowest BCUT2D eigenvalue weighted by Gasteiger charge is -1.94. The Bertz CT molecular complexity index is 56.0. The summed E-state index contributed by atoms with van der Waals surface area (Å²) in [6.45, 7) is 1.65. The van der Waals surface area contributed by atoms with Crippen LogP contribution in [0.25, 0.3) is 0 Å². The third-order valence-electron chi connectivity index (χ3n) is 1.16. The summed E-state index contributed by atoms with van der Waals surface area (Å²) in [4.78, 5) is 2.00. The van der Waals surface area contributed by atoms with Crippen LogP contribution >= 0.6 is 0 Å². The lowest BCUT2D eigenvalue weighted by atomic mass is 10.2. The minimum atomic E-state index is 0.824. The maximum Gasteiger partial charge on any atom is -0.00773 e. The lowest BCUT2D eigenvalue weighted by molar-refractivity contribution is 0.505. The Kier molecular flexibility index (Phi) is 16.2. The third kappa shape index (κ3) is 32.7. The standard InChI is InChI=1S/C6H16N2.C3H9N/c7-5-3-1-2-4-6-8;1-4(2)3/h1-8H2;1-3H3. The first-order valence-corrected chi connectivity index (χ1v) is 4.66. The molecule has 0 aromatic carbocycles. The van der Waals surface area contributed by atoms with Crippen molar-refractivity contribution in [3.8, 4) is 0 Å². The monoisotopic (exact) mass is 175 g/mol. The van der Waals surface area contributed by atoms with Gasteiger partial charge >= 0.3 is 0 Å². The summed E-state index contributed by atoms with van der Waals surface area (Å²) in [6.07, 6.45) is 4.79. The molecule has 12 heavy (non-hydrogen) atoms. The molecule has 0 spiro atoms. The molecule has 0 aliphatic heterocycles. The fourth-order valence-electron chi connectivity index (χ4n) is 0.642. The first-order valence-electron chi connectivity index (χ1n) is 4.66.